The molecule has 0 bridgehead atoms. The first-order valence-electron chi connectivity index (χ1n) is 18.5. The summed E-state index contributed by atoms with van der Waals surface area (Å²) in [6.45, 7) is 0.856. The molecule has 2 fully saturated rings. The van der Waals surface area contributed by atoms with Crippen molar-refractivity contribution in [3.8, 4) is 0 Å². The lowest BCUT2D eigenvalue weighted by Crippen LogP contribution is -2.32. The van der Waals surface area contributed by atoms with Crippen molar-refractivity contribution in [3.05, 3.63) is 191 Å². The first-order valence-corrected chi connectivity index (χ1v) is 18.5. The topological polar surface area (TPSA) is 141 Å². The van der Waals surface area contributed by atoms with Crippen LogP contribution in [-0.2, 0) is 33.5 Å². The minimum atomic E-state index is -0.953. The number of para-hydroxylation sites is 2. The number of anilines is 2. The molecule has 4 aromatic carbocycles. The minimum Gasteiger partial charge on any atom is -0.478 e. The molecular weight excluding hydrogens is 705 g/mol. The van der Waals surface area contributed by atoms with Gasteiger partial charge < -0.3 is 20.0 Å². The number of hydrogen-bond donors (Lipinski definition) is 2. The van der Waals surface area contributed by atoms with E-state index in [0.717, 1.165) is 57.6 Å². The second-order valence-electron chi connectivity index (χ2n) is 14.8. The SMILES string of the molecule is O=C(O)c1ccc(CN2C(=O)[C@@]3(C[C@H]3c3cccnc3)c3ccccc32)cc1.O=C(O)c1ccc(CN2C(=O)[C@]3(C[C@@H]3c3cccnc3)c3ccccc32)cc1. The summed E-state index contributed by atoms with van der Waals surface area (Å²) in [5.74, 6) is -1.38. The maximum absolute atomic E-state index is 13.5. The first kappa shape index (κ1) is 34.8. The zero-order valence-electron chi connectivity index (χ0n) is 30.2. The largest absolute Gasteiger partial charge is 0.478 e. The molecule has 10 rings (SSSR count). The van der Waals surface area contributed by atoms with E-state index in [1.54, 1.807) is 60.9 Å². The number of aromatic carboxylic acids is 2. The molecule has 6 aromatic rings. The number of fused-ring (bicyclic) bond motifs is 4. The van der Waals surface area contributed by atoms with Crippen LogP contribution in [0.5, 0.6) is 0 Å². The van der Waals surface area contributed by atoms with Crippen LogP contribution in [0.2, 0.25) is 0 Å². The number of pyridine rings is 2. The van der Waals surface area contributed by atoms with Crippen LogP contribution in [0.4, 0.5) is 11.4 Å². The fraction of sp³-hybridized carbons (Fsp3) is 0.174. The lowest BCUT2D eigenvalue weighted by atomic mass is 9.92. The standard InChI is InChI=1S/2C23H18N2O3/c2*26-21(27)16-9-7-15(8-10-16)14-25-20-6-2-1-5-18(20)23(22(25)28)12-19(23)17-4-3-11-24-13-17/h2*1-11,13,19H,12,14H2,(H,26,27)/t2*19-,23-/m10/s1. The van der Waals surface area contributed by atoms with Crippen molar-refractivity contribution in [1.29, 1.82) is 0 Å². The molecule has 2 aliphatic heterocycles. The lowest BCUT2D eigenvalue weighted by Gasteiger charge is -2.18. The Morgan fingerprint density at radius 2 is 0.946 bits per heavy atom. The van der Waals surface area contributed by atoms with Crippen molar-refractivity contribution in [3.63, 3.8) is 0 Å². The minimum absolute atomic E-state index is 0.116. The van der Waals surface area contributed by atoms with E-state index in [4.69, 9.17) is 10.2 Å². The third kappa shape index (κ3) is 5.64. The number of benzene rings is 4. The highest BCUT2D eigenvalue weighted by Gasteiger charge is 2.68. The Morgan fingerprint density at radius 3 is 1.30 bits per heavy atom. The summed E-state index contributed by atoms with van der Waals surface area (Å²) in [5, 5.41) is 18.2. The molecule has 0 saturated heterocycles. The molecule has 10 heteroatoms. The monoisotopic (exact) mass is 740 g/mol. The van der Waals surface area contributed by atoms with Crippen LogP contribution in [-0.4, -0.2) is 43.9 Å². The Kier molecular flexibility index (Phi) is 8.34. The van der Waals surface area contributed by atoms with E-state index < -0.39 is 22.8 Å². The van der Waals surface area contributed by atoms with Crippen LogP contribution < -0.4 is 9.80 Å². The molecule has 10 nitrogen and oxygen atoms in total. The van der Waals surface area contributed by atoms with E-state index in [1.807, 2.05) is 82.9 Å². The normalized spacial score (nSPS) is 22.4. The number of nitrogens with zero attached hydrogens (tertiary/aromatic N) is 4. The van der Waals surface area contributed by atoms with Gasteiger partial charge in [-0.05, 0) is 94.8 Å². The fourth-order valence-corrected chi connectivity index (χ4v) is 8.85. The van der Waals surface area contributed by atoms with Gasteiger partial charge in [0.05, 0.1) is 35.0 Å². The Morgan fingerprint density at radius 1 is 0.554 bits per heavy atom. The number of carbonyl (C=O) groups is 4. The van der Waals surface area contributed by atoms with Crippen LogP contribution in [0.25, 0.3) is 0 Å². The molecule has 0 unspecified atom stereocenters. The fourth-order valence-electron chi connectivity index (χ4n) is 8.85. The average Bonchev–Trinajstić information content (AvgIpc) is 4.14. The van der Waals surface area contributed by atoms with Gasteiger partial charge in [0, 0.05) is 48.0 Å². The summed E-state index contributed by atoms with van der Waals surface area (Å²) >= 11 is 0. The number of carboxylic acids is 2. The molecule has 2 aliphatic carbocycles. The van der Waals surface area contributed by atoms with Gasteiger partial charge in [-0.3, -0.25) is 19.6 Å². The molecule has 2 N–H and O–H groups in total. The highest BCUT2D eigenvalue weighted by atomic mass is 16.4. The summed E-state index contributed by atoms with van der Waals surface area (Å²) in [4.78, 5) is 61.3. The highest BCUT2D eigenvalue weighted by molar-refractivity contribution is 6.12. The Balaban J connectivity index is 0.000000146. The molecule has 2 saturated carbocycles. The van der Waals surface area contributed by atoms with Crippen LogP contribution in [0.1, 0.15) is 78.8 Å². The van der Waals surface area contributed by atoms with Crippen molar-refractivity contribution in [2.45, 2.75) is 48.6 Å². The number of amides is 2. The summed E-state index contributed by atoms with van der Waals surface area (Å²) in [6, 6.07) is 37.3. The predicted octanol–water partition coefficient (Wildman–Crippen LogP) is 7.50. The molecule has 0 radical (unpaired) electrons. The molecule has 56 heavy (non-hydrogen) atoms. The van der Waals surface area contributed by atoms with Gasteiger partial charge in [-0.1, -0.05) is 72.8 Å². The van der Waals surface area contributed by atoms with Crippen LogP contribution in [0, 0.1) is 0 Å². The van der Waals surface area contributed by atoms with E-state index in [9.17, 15) is 19.2 Å². The van der Waals surface area contributed by atoms with E-state index >= 15 is 0 Å². The number of aromatic nitrogens is 2. The Hall–Kier alpha value is -6.94. The van der Waals surface area contributed by atoms with Crippen molar-refractivity contribution < 1.29 is 29.4 Å². The second-order valence-corrected chi connectivity index (χ2v) is 14.8. The van der Waals surface area contributed by atoms with Gasteiger partial charge in [-0.25, -0.2) is 9.59 Å². The summed E-state index contributed by atoms with van der Waals surface area (Å²) < 4.78 is 0. The van der Waals surface area contributed by atoms with Gasteiger partial charge in [-0.2, -0.15) is 0 Å². The molecule has 2 spiro atoms. The molecular formula is C46H36N4O6. The van der Waals surface area contributed by atoms with Gasteiger partial charge in [0.15, 0.2) is 0 Å². The van der Waals surface area contributed by atoms with E-state index in [2.05, 4.69) is 22.1 Å². The van der Waals surface area contributed by atoms with Crippen molar-refractivity contribution in [2.75, 3.05) is 9.80 Å². The van der Waals surface area contributed by atoms with Crippen molar-refractivity contribution >= 4 is 35.1 Å². The summed E-state index contributed by atoms with van der Waals surface area (Å²) in [5.41, 5.74) is 7.54. The van der Waals surface area contributed by atoms with E-state index in [0.29, 0.717) is 13.1 Å². The van der Waals surface area contributed by atoms with Gasteiger partial charge in [0.1, 0.15) is 0 Å². The Bertz CT molecular complexity index is 2330. The van der Waals surface area contributed by atoms with Gasteiger partial charge in [0.25, 0.3) is 0 Å². The van der Waals surface area contributed by atoms with Gasteiger partial charge in [-0.15, -0.1) is 0 Å². The van der Waals surface area contributed by atoms with Crippen LogP contribution in [0.15, 0.2) is 146 Å². The van der Waals surface area contributed by atoms with Crippen molar-refractivity contribution in [1.82, 2.24) is 9.97 Å². The predicted molar refractivity (Wildman–Crippen MR) is 209 cm³/mol. The molecule has 2 aromatic heterocycles. The summed E-state index contributed by atoms with van der Waals surface area (Å²) in [6.07, 6.45) is 8.78. The quantitative estimate of drug-likeness (QED) is 0.164. The van der Waals surface area contributed by atoms with E-state index in [1.165, 1.54) is 0 Å². The van der Waals surface area contributed by atoms with E-state index in [-0.39, 0.29) is 34.8 Å². The van der Waals surface area contributed by atoms with Crippen LogP contribution in [0.3, 0.4) is 0 Å². The van der Waals surface area contributed by atoms with Gasteiger partial charge in [0.2, 0.25) is 11.8 Å². The highest BCUT2D eigenvalue weighted by Crippen LogP contribution is 2.67. The number of carboxylic acid groups (broad SMARTS) is 2. The third-order valence-electron chi connectivity index (χ3n) is 11.8. The van der Waals surface area contributed by atoms with Crippen LogP contribution >= 0.6 is 0 Å². The smallest absolute Gasteiger partial charge is 0.335 e. The lowest BCUT2D eigenvalue weighted by molar-refractivity contribution is -0.121. The molecule has 276 valence electrons. The average molecular weight is 741 g/mol. The van der Waals surface area contributed by atoms with Crippen molar-refractivity contribution in [2.24, 2.45) is 0 Å². The zero-order valence-corrected chi connectivity index (χ0v) is 30.2. The molecule has 4 atom stereocenters. The first-order chi connectivity index (χ1) is 27.2. The van der Waals surface area contributed by atoms with Gasteiger partial charge >= 0.3 is 11.9 Å². The second kappa shape index (κ2) is 13.4. The molecule has 4 aliphatic rings. The maximum Gasteiger partial charge on any atom is 0.335 e. The maximum atomic E-state index is 13.5. The summed E-state index contributed by atoms with van der Waals surface area (Å²) in [7, 11) is 0. The molecule has 2 amide bonds. The number of hydrogen-bond acceptors (Lipinski definition) is 6. The molecule has 4 heterocycles. The number of carbonyl (C=O) groups excluding carboxylic acids is 2. The number of rotatable bonds is 8. The zero-order chi connectivity index (χ0) is 38.6. The Labute approximate surface area is 322 Å². The third-order valence-corrected chi connectivity index (χ3v) is 11.8.